The third kappa shape index (κ3) is 3.40. The van der Waals surface area contributed by atoms with Crippen LogP contribution in [0, 0.1) is 0 Å². The van der Waals surface area contributed by atoms with Gasteiger partial charge in [-0.15, -0.1) is 11.3 Å². The zero-order valence-electron chi connectivity index (χ0n) is 15.5. The van der Waals surface area contributed by atoms with Gasteiger partial charge in [-0.1, -0.05) is 36.4 Å². The highest BCUT2D eigenvalue weighted by molar-refractivity contribution is 7.14. The quantitative estimate of drug-likeness (QED) is 0.472. The second-order valence-corrected chi connectivity index (χ2v) is 7.30. The van der Waals surface area contributed by atoms with Gasteiger partial charge in [0.25, 0.3) is 11.5 Å². The number of carbonyl (C=O) groups is 1. The molecule has 0 atom stereocenters. The summed E-state index contributed by atoms with van der Waals surface area (Å²) >= 11 is 1.28. The van der Waals surface area contributed by atoms with Gasteiger partial charge in [-0.2, -0.15) is 9.78 Å². The van der Waals surface area contributed by atoms with Crippen molar-refractivity contribution in [1.29, 1.82) is 0 Å². The van der Waals surface area contributed by atoms with Crippen LogP contribution in [0.2, 0.25) is 0 Å². The average Bonchev–Trinajstić information content (AvgIpc) is 3.41. The zero-order chi connectivity index (χ0) is 20.5. The number of benzene rings is 2. The summed E-state index contributed by atoms with van der Waals surface area (Å²) < 4.78 is 7.01. The highest BCUT2D eigenvalue weighted by atomic mass is 32.1. The van der Waals surface area contributed by atoms with E-state index >= 15 is 0 Å². The third-order valence-corrected chi connectivity index (χ3v) is 5.19. The van der Waals surface area contributed by atoms with Crippen LogP contribution >= 0.6 is 11.3 Å². The Morgan fingerprint density at radius 3 is 2.63 bits per heavy atom. The lowest BCUT2D eigenvalue weighted by Gasteiger charge is -2.06. The third-order valence-electron chi connectivity index (χ3n) is 4.44. The largest absolute Gasteiger partial charge is 0.454 e. The Labute approximate surface area is 174 Å². The van der Waals surface area contributed by atoms with Crippen LogP contribution in [0.15, 0.2) is 87.4 Å². The molecule has 30 heavy (non-hydrogen) atoms. The number of carbonyl (C=O) groups excluding carboxylic acids is 1. The molecule has 0 aliphatic rings. The zero-order valence-corrected chi connectivity index (χ0v) is 16.3. The van der Waals surface area contributed by atoms with E-state index in [1.807, 2.05) is 41.8 Å². The van der Waals surface area contributed by atoms with E-state index in [2.05, 4.69) is 15.4 Å². The predicted molar refractivity (Wildman–Crippen MR) is 115 cm³/mol. The monoisotopic (exact) mass is 414 g/mol. The molecule has 0 saturated heterocycles. The number of hydrogen-bond donors (Lipinski definition) is 1. The van der Waals surface area contributed by atoms with Crippen LogP contribution in [0.4, 0.5) is 5.13 Å². The Morgan fingerprint density at radius 1 is 1.00 bits per heavy atom. The molecule has 0 fully saturated rings. The summed E-state index contributed by atoms with van der Waals surface area (Å²) in [4.78, 5) is 29.2. The molecule has 146 valence electrons. The molecule has 5 rings (SSSR count). The van der Waals surface area contributed by atoms with E-state index in [4.69, 9.17) is 4.42 Å². The fourth-order valence-electron chi connectivity index (χ4n) is 3.00. The number of amides is 1. The van der Waals surface area contributed by atoms with Crippen LogP contribution in [0.1, 0.15) is 10.5 Å². The lowest BCUT2D eigenvalue weighted by atomic mass is 10.2. The molecule has 8 heteroatoms. The fourth-order valence-corrected chi connectivity index (χ4v) is 3.69. The van der Waals surface area contributed by atoms with Gasteiger partial charge in [0.05, 0.1) is 5.69 Å². The molecule has 0 aliphatic heterocycles. The minimum atomic E-state index is -0.454. The standard InChI is InChI=1S/C22H14N4O3S/c27-20-11-10-16(25-26(20)15-7-2-1-3-8-15)21(28)24-22-23-17(13-30-22)19-12-14-6-4-5-9-18(14)29-19/h1-13H,(H,23,24,28). The first-order valence-corrected chi connectivity index (χ1v) is 9.97. The minimum absolute atomic E-state index is 0.110. The molecule has 0 spiro atoms. The highest BCUT2D eigenvalue weighted by Gasteiger charge is 2.15. The molecular weight excluding hydrogens is 400 g/mol. The van der Waals surface area contributed by atoms with Crippen molar-refractivity contribution in [2.45, 2.75) is 0 Å². The molecule has 3 heterocycles. The fraction of sp³-hybridized carbons (Fsp3) is 0. The molecule has 1 amide bonds. The average molecular weight is 414 g/mol. The van der Waals surface area contributed by atoms with Gasteiger partial charge in [0, 0.05) is 16.8 Å². The molecule has 0 unspecified atom stereocenters. The van der Waals surface area contributed by atoms with E-state index in [0.29, 0.717) is 22.3 Å². The normalized spacial score (nSPS) is 10.9. The van der Waals surface area contributed by atoms with Crippen molar-refractivity contribution in [3.63, 3.8) is 0 Å². The maximum absolute atomic E-state index is 12.6. The molecular formula is C22H14N4O3S. The molecule has 0 saturated carbocycles. The maximum Gasteiger partial charge on any atom is 0.277 e. The molecule has 0 aliphatic carbocycles. The second-order valence-electron chi connectivity index (χ2n) is 6.44. The summed E-state index contributed by atoms with van der Waals surface area (Å²) in [7, 11) is 0. The molecule has 5 aromatic rings. The van der Waals surface area contributed by atoms with Gasteiger partial charge in [0.15, 0.2) is 10.9 Å². The lowest BCUT2D eigenvalue weighted by molar-refractivity contribution is 0.102. The van der Waals surface area contributed by atoms with E-state index in [1.54, 1.807) is 24.3 Å². The smallest absolute Gasteiger partial charge is 0.277 e. The van der Waals surface area contributed by atoms with Crippen LogP contribution in [0.5, 0.6) is 0 Å². The summed E-state index contributed by atoms with van der Waals surface area (Å²) in [6, 6.07) is 21.2. The lowest BCUT2D eigenvalue weighted by Crippen LogP contribution is -2.24. The Morgan fingerprint density at radius 2 is 1.80 bits per heavy atom. The van der Waals surface area contributed by atoms with E-state index in [9.17, 15) is 9.59 Å². The Bertz CT molecular complexity index is 1390. The van der Waals surface area contributed by atoms with Gasteiger partial charge >= 0.3 is 0 Å². The van der Waals surface area contributed by atoms with Gasteiger partial charge in [0.1, 0.15) is 17.0 Å². The second kappa shape index (κ2) is 7.41. The first-order valence-electron chi connectivity index (χ1n) is 9.09. The van der Waals surface area contributed by atoms with Crippen LogP contribution in [-0.2, 0) is 0 Å². The first-order chi connectivity index (χ1) is 14.7. The van der Waals surface area contributed by atoms with Crippen molar-refractivity contribution < 1.29 is 9.21 Å². The molecule has 2 aromatic carbocycles. The summed E-state index contributed by atoms with van der Waals surface area (Å²) in [5.74, 6) is 0.175. The summed E-state index contributed by atoms with van der Waals surface area (Å²) in [5, 5.41) is 10.1. The number of para-hydroxylation sites is 2. The number of thiazole rings is 1. The van der Waals surface area contributed by atoms with Crippen molar-refractivity contribution in [3.8, 4) is 17.1 Å². The van der Waals surface area contributed by atoms with Gasteiger partial charge < -0.3 is 4.42 Å². The minimum Gasteiger partial charge on any atom is -0.454 e. The highest BCUT2D eigenvalue weighted by Crippen LogP contribution is 2.30. The summed E-state index contributed by atoms with van der Waals surface area (Å²) in [6.45, 7) is 0. The number of nitrogens with zero attached hydrogens (tertiary/aromatic N) is 3. The van der Waals surface area contributed by atoms with Crippen molar-refractivity contribution in [3.05, 3.63) is 94.2 Å². The number of fused-ring (bicyclic) bond motifs is 1. The SMILES string of the molecule is O=C(Nc1nc(-c2cc3ccccc3o2)cs1)c1ccc(=O)n(-c2ccccc2)n1. The van der Waals surface area contributed by atoms with Crippen molar-refractivity contribution >= 4 is 33.3 Å². The number of anilines is 1. The Kier molecular flexibility index (Phi) is 4.45. The van der Waals surface area contributed by atoms with Crippen LogP contribution < -0.4 is 10.9 Å². The number of nitrogens with one attached hydrogen (secondary N) is 1. The van der Waals surface area contributed by atoms with Gasteiger partial charge in [-0.3, -0.25) is 14.9 Å². The Balaban J connectivity index is 1.39. The van der Waals surface area contributed by atoms with Gasteiger partial charge in [-0.25, -0.2) is 4.98 Å². The first kappa shape index (κ1) is 18.0. The van der Waals surface area contributed by atoms with Crippen LogP contribution in [-0.4, -0.2) is 20.7 Å². The van der Waals surface area contributed by atoms with Crippen molar-refractivity contribution in [1.82, 2.24) is 14.8 Å². The van der Waals surface area contributed by atoms with Crippen molar-refractivity contribution in [2.24, 2.45) is 0 Å². The number of rotatable bonds is 4. The molecule has 0 bridgehead atoms. The Hall–Kier alpha value is -4.04. The van der Waals surface area contributed by atoms with Gasteiger partial charge in [-0.05, 0) is 30.3 Å². The molecule has 7 nitrogen and oxygen atoms in total. The maximum atomic E-state index is 12.6. The summed E-state index contributed by atoms with van der Waals surface area (Å²) in [5.41, 5.74) is 1.78. The number of aromatic nitrogens is 3. The number of furan rings is 1. The summed E-state index contributed by atoms with van der Waals surface area (Å²) in [6.07, 6.45) is 0. The van der Waals surface area contributed by atoms with E-state index < -0.39 is 5.91 Å². The topological polar surface area (TPSA) is 90.0 Å². The van der Waals surface area contributed by atoms with Crippen LogP contribution in [0.25, 0.3) is 28.1 Å². The predicted octanol–water partition coefficient (Wildman–Crippen LogP) is 4.35. The van der Waals surface area contributed by atoms with Crippen LogP contribution in [0.3, 0.4) is 0 Å². The number of hydrogen-bond acceptors (Lipinski definition) is 6. The molecule has 3 aromatic heterocycles. The van der Waals surface area contributed by atoms with E-state index in [0.717, 1.165) is 11.0 Å². The molecule has 1 N–H and O–H groups in total. The molecule has 0 radical (unpaired) electrons. The van der Waals surface area contributed by atoms with Crippen molar-refractivity contribution in [2.75, 3.05) is 5.32 Å². The van der Waals surface area contributed by atoms with E-state index in [1.165, 1.54) is 28.2 Å². The van der Waals surface area contributed by atoms with E-state index in [-0.39, 0.29) is 11.3 Å². The van der Waals surface area contributed by atoms with Gasteiger partial charge in [0.2, 0.25) is 0 Å².